The second-order valence-corrected chi connectivity index (χ2v) is 2.71. The van der Waals surface area contributed by atoms with Gasteiger partial charge in [0.05, 0.1) is 12.2 Å². The molecule has 13 heavy (non-hydrogen) atoms. The van der Waals surface area contributed by atoms with Crippen LogP contribution in [0, 0.1) is 0 Å². The molecule has 0 aliphatic heterocycles. The van der Waals surface area contributed by atoms with Gasteiger partial charge in [-0.05, 0) is 6.42 Å². The molecule has 72 valence electrons. The van der Waals surface area contributed by atoms with E-state index in [4.69, 9.17) is 0 Å². The van der Waals surface area contributed by atoms with E-state index in [1.807, 2.05) is 6.92 Å². The highest BCUT2D eigenvalue weighted by Gasteiger charge is 2.06. The summed E-state index contributed by atoms with van der Waals surface area (Å²) in [4.78, 5) is 11.0. The maximum absolute atomic E-state index is 12.0. The smallest absolute Gasteiger partial charge is 0.223 e. The van der Waals surface area contributed by atoms with Crippen LogP contribution in [0.2, 0.25) is 0 Å². The zero-order valence-corrected chi connectivity index (χ0v) is 7.46. The van der Waals surface area contributed by atoms with Crippen molar-refractivity contribution in [1.82, 2.24) is 4.57 Å². The summed E-state index contributed by atoms with van der Waals surface area (Å²) in [5.41, 5.74) is 0.0807. The number of nitrogens with zero attached hydrogens (tertiary/aromatic N) is 1. The molecule has 0 saturated heterocycles. The molecular formula is C9H12FNO2. The van der Waals surface area contributed by atoms with Gasteiger partial charge in [0.2, 0.25) is 5.43 Å². The molecule has 0 fully saturated rings. The van der Waals surface area contributed by atoms with Gasteiger partial charge in [-0.1, -0.05) is 6.92 Å². The lowest BCUT2D eigenvalue weighted by Gasteiger charge is -2.10. The number of hydrogen-bond donors (Lipinski definition) is 1. The summed E-state index contributed by atoms with van der Waals surface area (Å²) in [6, 6.07) is 1.24. The van der Waals surface area contributed by atoms with E-state index in [2.05, 4.69) is 0 Å². The predicted octanol–water partition coefficient (Wildman–Crippen LogP) is 1.09. The van der Waals surface area contributed by atoms with Crippen molar-refractivity contribution in [2.24, 2.45) is 0 Å². The third kappa shape index (κ3) is 1.88. The molecule has 4 heteroatoms. The standard InChI is InChI=1S/C9H12FNO2/c1-2-7-9(13)8(12)3-5-11(7)6-4-10/h3,5,13H,2,4,6H2,1H3. The van der Waals surface area contributed by atoms with E-state index in [0.29, 0.717) is 12.1 Å². The summed E-state index contributed by atoms with van der Waals surface area (Å²) in [6.07, 6.45) is 2.02. The first-order valence-electron chi connectivity index (χ1n) is 4.18. The van der Waals surface area contributed by atoms with Gasteiger partial charge < -0.3 is 9.67 Å². The van der Waals surface area contributed by atoms with E-state index in [9.17, 15) is 14.3 Å². The van der Waals surface area contributed by atoms with Crippen LogP contribution in [0.25, 0.3) is 0 Å². The van der Waals surface area contributed by atoms with Gasteiger partial charge in [0.15, 0.2) is 5.75 Å². The third-order valence-corrected chi connectivity index (χ3v) is 1.92. The monoisotopic (exact) mass is 185 g/mol. The van der Waals surface area contributed by atoms with Crippen molar-refractivity contribution in [2.75, 3.05) is 6.67 Å². The third-order valence-electron chi connectivity index (χ3n) is 1.92. The highest BCUT2D eigenvalue weighted by molar-refractivity contribution is 5.26. The second-order valence-electron chi connectivity index (χ2n) is 2.71. The van der Waals surface area contributed by atoms with Crippen molar-refractivity contribution >= 4 is 0 Å². The van der Waals surface area contributed by atoms with Crippen molar-refractivity contribution in [3.8, 4) is 5.75 Å². The SMILES string of the molecule is CCc1c(O)c(=O)ccn1CCF. The predicted molar refractivity (Wildman–Crippen MR) is 47.7 cm³/mol. The van der Waals surface area contributed by atoms with Crippen LogP contribution >= 0.6 is 0 Å². The largest absolute Gasteiger partial charge is 0.503 e. The maximum atomic E-state index is 12.0. The Morgan fingerprint density at radius 3 is 2.85 bits per heavy atom. The van der Waals surface area contributed by atoms with Gasteiger partial charge in [-0.3, -0.25) is 4.79 Å². The van der Waals surface area contributed by atoms with Gasteiger partial charge in [0, 0.05) is 12.3 Å². The molecule has 0 bridgehead atoms. The highest BCUT2D eigenvalue weighted by Crippen LogP contribution is 2.11. The molecule has 1 aromatic rings. The number of aryl methyl sites for hydroxylation is 1. The van der Waals surface area contributed by atoms with Crippen molar-refractivity contribution in [2.45, 2.75) is 19.9 Å². The molecule has 1 aromatic heterocycles. The Morgan fingerprint density at radius 2 is 2.31 bits per heavy atom. The van der Waals surface area contributed by atoms with E-state index >= 15 is 0 Å². The molecule has 1 N–H and O–H groups in total. The number of halogens is 1. The van der Waals surface area contributed by atoms with Crippen LogP contribution in [0.1, 0.15) is 12.6 Å². The summed E-state index contributed by atoms with van der Waals surface area (Å²) < 4.78 is 13.6. The van der Waals surface area contributed by atoms with Gasteiger partial charge in [-0.25, -0.2) is 4.39 Å². The Morgan fingerprint density at radius 1 is 1.62 bits per heavy atom. The van der Waals surface area contributed by atoms with Crippen molar-refractivity contribution in [1.29, 1.82) is 0 Å². The molecular weight excluding hydrogens is 173 g/mol. The van der Waals surface area contributed by atoms with Crippen LogP contribution in [-0.2, 0) is 13.0 Å². The van der Waals surface area contributed by atoms with Crippen LogP contribution in [0.4, 0.5) is 4.39 Å². The van der Waals surface area contributed by atoms with Crippen molar-refractivity contribution < 1.29 is 9.50 Å². The second kappa shape index (κ2) is 4.07. The minimum absolute atomic E-state index is 0.178. The number of aromatic nitrogens is 1. The minimum Gasteiger partial charge on any atom is -0.503 e. The van der Waals surface area contributed by atoms with Gasteiger partial charge in [-0.15, -0.1) is 0 Å². The Balaban J connectivity index is 3.21. The van der Waals surface area contributed by atoms with Crippen LogP contribution in [0.15, 0.2) is 17.1 Å². The summed E-state index contributed by atoms with van der Waals surface area (Å²) >= 11 is 0. The lowest BCUT2D eigenvalue weighted by molar-refractivity contribution is 0.418. The first-order valence-corrected chi connectivity index (χ1v) is 4.18. The summed E-state index contributed by atoms with van der Waals surface area (Å²) in [6.45, 7) is 1.48. The van der Waals surface area contributed by atoms with E-state index in [1.54, 1.807) is 4.57 Å². The fraction of sp³-hybridized carbons (Fsp3) is 0.444. The van der Waals surface area contributed by atoms with Crippen LogP contribution in [-0.4, -0.2) is 16.3 Å². The molecule has 0 aliphatic rings. The Labute approximate surface area is 75.4 Å². The molecule has 1 heterocycles. The highest BCUT2D eigenvalue weighted by atomic mass is 19.1. The number of alkyl halides is 1. The van der Waals surface area contributed by atoms with Gasteiger partial charge in [-0.2, -0.15) is 0 Å². The normalized spacial score (nSPS) is 10.3. The van der Waals surface area contributed by atoms with Gasteiger partial charge in [0.25, 0.3) is 0 Å². The topological polar surface area (TPSA) is 42.2 Å². The number of rotatable bonds is 3. The zero-order chi connectivity index (χ0) is 9.84. The van der Waals surface area contributed by atoms with Crippen molar-refractivity contribution in [3.63, 3.8) is 0 Å². The van der Waals surface area contributed by atoms with E-state index in [-0.39, 0.29) is 12.3 Å². The van der Waals surface area contributed by atoms with Crippen LogP contribution in [0.3, 0.4) is 0 Å². The van der Waals surface area contributed by atoms with Gasteiger partial charge >= 0.3 is 0 Å². The van der Waals surface area contributed by atoms with Crippen LogP contribution in [0.5, 0.6) is 5.75 Å². The lowest BCUT2D eigenvalue weighted by Crippen LogP contribution is -2.12. The molecule has 0 aliphatic carbocycles. The molecule has 0 amide bonds. The van der Waals surface area contributed by atoms with E-state index < -0.39 is 12.1 Å². The fourth-order valence-corrected chi connectivity index (χ4v) is 1.28. The number of pyridine rings is 1. The maximum Gasteiger partial charge on any atom is 0.223 e. The van der Waals surface area contributed by atoms with E-state index in [0.717, 1.165) is 0 Å². The molecule has 0 atom stereocenters. The summed E-state index contributed by atoms with van der Waals surface area (Å²) in [7, 11) is 0. The molecule has 0 saturated carbocycles. The number of hydrogen-bond acceptors (Lipinski definition) is 2. The van der Waals surface area contributed by atoms with Crippen molar-refractivity contribution in [3.05, 3.63) is 28.2 Å². The Kier molecular flexibility index (Phi) is 3.06. The quantitative estimate of drug-likeness (QED) is 0.765. The fourth-order valence-electron chi connectivity index (χ4n) is 1.28. The van der Waals surface area contributed by atoms with Gasteiger partial charge in [0.1, 0.15) is 6.67 Å². The molecule has 1 rings (SSSR count). The van der Waals surface area contributed by atoms with Crippen LogP contribution < -0.4 is 5.43 Å². The summed E-state index contributed by atoms with van der Waals surface area (Å²) in [5.74, 6) is -0.265. The average Bonchev–Trinajstić information content (AvgIpc) is 2.12. The van der Waals surface area contributed by atoms with E-state index in [1.165, 1.54) is 12.3 Å². The summed E-state index contributed by atoms with van der Waals surface area (Å²) in [5, 5.41) is 9.35. The molecule has 0 aromatic carbocycles. The first kappa shape index (κ1) is 9.77. The Hall–Kier alpha value is -1.32. The minimum atomic E-state index is -0.505. The first-order chi connectivity index (χ1) is 6.20. The molecule has 0 radical (unpaired) electrons. The molecule has 3 nitrogen and oxygen atoms in total. The number of aromatic hydroxyl groups is 1. The lowest BCUT2D eigenvalue weighted by atomic mass is 10.2. The molecule has 0 unspecified atom stereocenters. The molecule has 0 spiro atoms. The zero-order valence-electron chi connectivity index (χ0n) is 7.46. The Bertz CT molecular complexity index is 346. The average molecular weight is 185 g/mol.